The molecule has 1 aliphatic carbocycles. The summed E-state index contributed by atoms with van der Waals surface area (Å²) in [6.07, 6.45) is 1.88. The van der Waals surface area contributed by atoms with Crippen LogP contribution in [0.2, 0.25) is 0 Å². The van der Waals surface area contributed by atoms with Crippen LogP contribution in [-0.4, -0.2) is 25.0 Å². The monoisotopic (exact) mass is 333 g/mol. The Morgan fingerprint density at radius 2 is 1.92 bits per heavy atom. The highest BCUT2D eigenvalue weighted by molar-refractivity contribution is 5.59. The standard InChI is InChI=1S/C19H16FN5/c1-25-7-6-12-14(8-21)18(24)19(10-22,11-23)17(15(12)9-25)13-4-2-3-5-16(13)20/h2-6,15,17H,7,9,24H2,1H3. The molecule has 0 radical (unpaired) electrons. The molecule has 0 spiro atoms. The molecule has 6 heteroatoms. The molecule has 25 heavy (non-hydrogen) atoms. The number of likely N-dealkylation sites (N-methyl/N-ethyl adjacent to an activating group) is 1. The van der Waals surface area contributed by atoms with Crippen LogP contribution in [-0.2, 0) is 0 Å². The first-order valence-corrected chi connectivity index (χ1v) is 7.86. The van der Waals surface area contributed by atoms with Crippen molar-refractivity contribution in [3.63, 3.8) is 0 Å². The van der Waals surface area contributed by atoms with E-state index in [0.29, 0.717) is 18.7 Å². The highest BCUT2D eigenvalue weighted by Crippen LogP contribution is 2.54. The maximum Gasteiger partial charge on any atom is 0.191 e. The van der Waals surface area contributed by atoms with E-state index in [4.69, 9.17) is 5.73 Å². The number of nitrogens with zero attached hydrogens (tertiary/aromatic N) is 4. The van der Waals surface area contributed by atoms with Crippen molar-refractivity contribution in [2.75, 3.05) is 20.1 Å². The minimum absolute atomic E-state index is 0.0830. The molecule has 0 aromatic heterocycles. The van der Waals surface area contributed by atoms with Crippen LogP contribution >= 0.6 is 0 Å². The van der Waals surface area contributed by atoms with Crippen LogP contribution in [0.3, 0.4) is 0 Å². The van der Waals surface area contributed by atoms with E-state index < -0.39 is 17.2 Å². The number of allylic oxidation sites excluding steroid dienone is 2. The van der Waals surface area contributed by atoms with E-state index in [1.54, 1.807) is 18.2 Å². The average molecular weight is 333 g/mol. The van der Waals surface area contributed by atoms with Gasteiger partial charge in [-0.05, 0) is 24.3 Å². The minimum Gasteiger partial charge on any atom is -0.399 e. The van der Waals surface area contributed by atoms with Crippen molar-refractivity contribution in [2.45, 2.75) is 5.92 Å². The van der Waals surface area contributed by atoms with E-state index in [0.717, 1.165) is 0 Å². The molecule has 2 unspecified atom stereocenters. The number of nitrogens with two attached hydrogens (primary N) is 1. The van der Waals surface area contributed by atoms with Crippen molar-refractivity contribution in [3.8, 4) is 18.2 Å². The van der Waals surface area contributed by atoms with Crippen molar-refractivity contribution in [1.82, 2.24) is 4.90 Å². The van der Waals surface area contributed by atoms with Gasteiger partial charge in [-0.25, -0.2) is 4.39 Å². The van der Waals surface area contributed by atoms with Gasteiger partial charge in [-0.1, -0.05) is 24.3 Å². The Labute approximate surface area is 145 Å². The number of benzene rings is 1. The van der Waals surface area contributed by atoms with E-state index in [-0.39, 0.29) is 22.8 Å². The SMILES string of the molecule is CN1CC=C2C(C#N)=C(N)C(C#N)(C#N)C(c3ccccc3F)C2C1. The molecule has 3 rings (SSSR count). The van der Waals surface area contributed by atoms with Crippen molar-refractivity contribution >= 4 is 0 Å². The number of nitriles is 3. The molecule has 1 aliphatic heterocycles. The van der Waals surface area contributed by atoms with Gasteiger partial charge in [-0.3, -0.25) is 0 Å². The van der Waals surface area contributed by atoms with Crippen molar-refractivity contribution in [3.05, 3.63) is 58.6 Å². The van der Waals surface area contributed by atoms with Gasteiger partial charge in [0.05, 0.1) is 23.4 Å². The van der Waals surface area contributed by atoms with E-state index in [1.165, 1.54) is 6.07 Å². The molecule has 1 heterocycles. The second-order valence-corrected chi connectivity index (χ2v) is 6.42. The molecule has 5 nitrogen and oxygen atoms in total. The maximum absolute atomic E-state index is 14.6. The molecule has 0 bridgehead atoms. The molecule has 0 amide bonds. The van der Waals surface area contributed by atoms with Crippen molar-refractivity contribution in [2.24, 2.45) is 17.1 Å². The quantitative estimate of drug-likeness (QED) is 0.849. The Bertz CT molecular complexity index is 895. The number of hydrogen-bond acceptors (Lipinski definition) is 5. The Hall–Kier alpha value is -3.14. The lowest BCUT2D eigenvalue weighted by Gasteiger charge is -2.45. The second kappa shape index (κ2) is 6.06. The summed E-state index contributed by atoms with van der Waals surface area (Å²) in [7, 11) is 1.90. The smallest absolute Gasteiger partial charge is 0.191 e. The van der Waals surface area contributed by atoms with Gasteiger partial charge in [-0.2, -0.15) is 15.8 Å². The largest absolute Gasteiger partial charge is 0.399 e. The second-order valence-electron chi connectivity index (χ2n) is 6.42. The topological polar surface area (TPSA) is 101 Å². The molecule has 2 aliphatic rings. The van der Waals surface area contributed by atoms with E-state index in [9.17, 15) is 20.2 Å². The van der Waals surface area contributed by atoms with Gasteiger partial charge < -0.3 is 10.6 Å². The Balaban J connectivity index is 2.37. The number of halogens is 1. The van der Waals surface area contributed by atoms with Crippen LogP contribution in [0.4, 0.5) is 4.39 Å². The number of rotatable bonds is 1. The predicted octanol–water partition coefficient (Wildman–Crippen LogP) is 2.18. The van der Waals surface area contributed by atoms with Gasteiger partial charge in [0.2, 0.25) is 0 Å². The lowest BCUT2D eigenvalue weighted by molar-refractivity contribution is 0.234. The zero-order chi connectivity index (χ0) is 18.2. The molecule has 1 aromatic carbocycles. The third-order valence-electron chi connectivity index (χ3n) is 5.09. The minimum atomic E-state index is -1.78. The van der Waals surface area contributed by atoms with Crippen molar-refractivity contribution in [1.29, 1.82) is 15.8 Å². The Kier molecular flexibility index (Phi) is 4.05. The molecule has 0 saturated heterocycles. The van der Waals surface area contributed by atoms with Crippen LogP contribution in [0, 0.1) is 51.1 Å². The normalized spacial score (nSPS) is 25.2. The summed E-state index contributed by atoms with van der Waals surface area (Å²) >= 11 is 0. The third kappa shape index (κ3) is 2.30. The summed E-state index contributed by atoms with van der Waals surface area (Å²) in [5.74, 6) is -1.63. The first-order chi connectivity index (χ1) is 12.0. The van der Waals surface area contributed by atoms with Crippen LogP contribution in [0.1, 0.15) is 11.5 Å². The lowest BCUT2D eigenvalue weighted by Crippen LogP contribution is -2.47. The highest BCUT2D eigenvalue weighted by Gasteiger charge is 2.54. The van der Waals surface area contributed by atoms with Gasteiger partial charge in [-0.15, -0.1) is 0 Å². The summed E-state index contributed by atoms with van der Waals surface area (Å²) in [4.78, 5) is 2.01. The van der Waals surface area contributed by atoms with Gasteiger partial charge in [0.1, 0.15) is 11.9 Å². The fourth-order valence-electron chi connectivity index (χ4n) is 3.90. The summed E-state index contributed by atoms with van der Waals surface area (Å²) in [6, 6.07) is 12.2. The van der Waals surface area contributed by atoms with Crippen LogP contribution in [0.15, 0.2) is 47.2 Å². The summed E-state index contributed by atoms with van der Waals surface area (Å²) < 4.78 is 14.6. The predicted molar refractivity (Wildman–Crippen MR) is 88.7 cm³/mol. The van der Waals surface area contributed by atoms with E-state index >= 15 is 0 Å². The lowest BCUT2D eigenvalue weighted by atomic mass is 9.58. The zero-order valence-electron chi connectivity index (χ0n) is 13.7. The molecular weight excluding hydrogens is 317 g/mol. The Morgan fingerprint density at radius 3 is 2.52 bits per heavy atom. The fraction of sp³-hybridized carbons (Fsp3) is 0.316. The summed E-state index contributed by atoms with van der Waals surface area (Å²) in [5.41, 5.74) is 5.43. The van der Waals surface area contributed by atoms with Gasteiger partial charge >= 0.3 is 0 Å². The average Bonchev–Trinajstić information content (AvgIpc) is 2.62. The van der Waals surface area contributed by atoms with Gasteiger partial charge in [0, 0.05) is 24.9 Å². The highest BCUT2D eigenvalue weighted by atomic mass is 19.1. The first kappa shape index (κ1) is 16.7. The third-order valence-corrected chi connectivity index (χ3v) is 5.09. The molecule has 1 aromatic rings. The van der Waals surface area contributed by atoms with E-state index in [2.05, 4.69) is 0 Å². The van der Waals surface area contributed by atoms with Crippen LogP contribution < -0.4 is 5.73 Å². The molecule has 2 atom stereocenters. The zero-order valence-corrected chi connectivity index (χ0v) is 13.7. The number of hydrogen-bond donors (Lipinski definition) is 1. The van der Waals surface area contributed by atoms with Gasteiger partial charge in [0.25, 0.3) is 0 Å². The van der Waals surface area contributed by atoms with Crippen LogP contribution in [0.25, 0.3) is 0 Å². The van der Waals surface area contributed by atoms with Crippen LogP contribution in [0.5, 0.6) is 0 Å². The molecular formula is C19H16FN5. The fourth-order valence-corrected chi connectivity index (χ4v) is 3.90. The first-order valence-electron chi connectivity index (χ1n) is 7.86. The van der Waals surface area contributed by atoms with E-state index in [1.807, 2.05) is 36.2 Å². The summed E-state index contributed by atoms with van der Waals surface area (Å²) in [5, 5.41) is 29.3. The van der Waals surface area contributed by atoms with Crippen molar-refractivity contribution < 1.29 is 4.39 Å². The molecule has 0 fully saturated rings. The summed E-state index contributed by atoms with van der Waals surface area (Å²) in [6.45, 7) is 1.13. The Morgan fingerprint density at radius 1 is 1.24 bits per heavy atom. The van der Waals surface area contributed by atoms with Gasteiger partial charge in [0.15, 0.2) is 5.41 Å². The molecule has 0 saturated carbocycles. The molecule has 124 valence electrons. The number of fused-ring (bicyclic) bond motifs is 1. The molecule has 2 N–H and O–H groups in total. The maximum atomic E-state index is 14.6.